The van der Waals surface area contributed by atoms with Crippen molar-refractivity contribution in [2.45, 2.75) is 26.3 Å². The molecule has 0 aliphatic heterocycles. The second-order valence-corrected chi connectivity index (χ2v) is 6.93. The van der Waals surface area contributed by atoms with Crippen molar-refractivity contribution in [1.82, 2.24) is 4.90 Å². The maximum absolute atomic E-state index is 12.7. The minimum atomic E-state index is -0.432. The lowest BCUT2D eigenvalue weighted by atomic mass is 10.0. The first-order valence-corrected chi connectivity index (χ1v) is 9.74. The molecule has 0 aliphatic carbocycles. The summed E-state index contributed by atoms with van der Waals surface area (Å²) in [6.45, 7) is 5.41. The molecule has 0 bridgehead atoms. The molecule has 0 saturated heterocycles. The Labute approximate surface area is 172 Å². The number of benzene rings is 2. The largest absolute Gasteiger partial charge is 0.465 e. The molecule has 0 saturated carbocycles. The fraction of sp³-hybridized carbons (Fsp3) is 0.391. The molecule has 2 aromatic rings. The average Bonchev–Trinajstić information content (AvgIpc) is 2.73. The normalized spacial score (nSPS) is 11.9. The number of aryl methyl sites for hydroxylation is 1. The highest BCUT2D eigenvalue weighted by Gasteiger charge is 2.21. The van der Waals surface area contributed by atoms with Gasteiger partial charge in [-0.25, -0.2) is 4.79 Å². The molecule has 156 valence electrons. The molecule has 0 heterocycles. The van der Waals surface area contributed by atoms with Crippen LogP contribution in [0.15, 0.2) is 48.5 Å². The van der Waals surface area contributed by atoms with Crippen molar-refractivity contribution in [2.75, 3.05) is 39.2 Å². The predicted octanol–water partition coefficient (Wildman–Crippen LogP) is 3.30. The number of nitrogens with one attached hydrogen (secondary N) is 1. The van der Waals surface area contributed by atoms with E-state index in [1.807, 2.05) is 32.0 Å². The second-order valence-electron chi connectivity index (χ2n) is 6.93. The minimum absolute atomic E-state index is 0.0839. The fourth-order valence-corrected chi connectivity index (χ4v) is 3.25. The highest BCUT2D eigenvalue weighted by atomic mass is 16.5. The Bertz CT molecular complexity index is 808. The molecule has 0 aromatic heterocycles. The predicted molar refractivity (Wildman–Crippen MR) is 114 cm³/mol. The molecule has 6 nitrogen and oxygen atoms in total. The summed E-state index contributed by atoms with van der Waals surface area (Å²) in [7, 11) is 3.01. The van der Waals surface area contributed by atoms with Gasteiger partial charge in [-0.05, 0) is 43.1 Å². The van der Waals surface area contributed by atoms with Gasteiger partial charge in [0.1, 0.15) is 0 Å². The molecule has 0 radical (unpaired) electrons. The molecule has 1 atom stereocenters. The summed E-state index contributed by atoms with van der Waals surface area (Å²) in [6.07, 6.45) is 0.798. The van der Waals surface area contributed by atoms with E-state index in [9.17, 15) is 9.59 Å². The van der Waals surface area contributed by atoms with Crippen LogP contribution in [0.3, 0.4) is 0 Å². The number of nitrogens with zero attached hydrogens (tertiary/aromatic N) is 1. The Morgan fingerprint density at radius 1 is 1.10 bits per heavy atom. The van der Waals surface area contributed by atoms with Gasteiger partial charge in [-0.3, -0.25) is 9.69 Å². The van der Waals surface area contributed by atoms with Crippen LogP contribution in [0.5, 0.6) is 0 Å². The standard InChI is InChI=1S/C23H30N2O4/c1-5-25(20(16-28-3)13-18-9-7-6-8-10-18)15-22(26)24-21-14-19(23(27)29-4)12-11-17(21)2/h6-12,14,20H,5,13,15-16H2,1-4H3,(H,24,26). The molecule has 0 fully saturated rings. The summed E-state index contributed by atoms with van der Waals surface area (Å²) in [4.78, 5) is 26.6. The smallest absolute Gasteiger partial charge is 0.337 e. The van der Waals surface area contributed by atoms with E-state index < -0.39 is 5.97 Å². The SMILES string of the molecule is CCN(CC(=O)Nc1cc(C(=O)OC)ccc1C)C(COC)Cc1ccccc1. The number of anilines is 1. The van der Waals surface area contributed by atoms with E-state index in [1.54, 1.807) is 25.3 Å². The number of ether oxygens (including phenoxy) is 2. The average molecular weight is 399 g/mol. The summed E-state index contributed by atoms with van der Waals surface area (Å²) in [5.41, 5.74) is 3.10. The van der Waals surface area contributed by atoms with Crippen LogP contribution in [0.2, 0.25) is 0 Å². The number of likely N-dealkylation sites (N-methyl/N-ethyl adjacent to an activating group) is 1. The van der Waals surface area contributed by atoms with Gasteiger partial charge in [0.05, 0.1) is 25.8 Å². The Hall–Kier alpha value is -2.70. The number of esters is 1. The zero-order chi connectivity index (χ0) is 21.2. The Kier molecular flexibility index (Phi) is 8.83. The molecule has 29 heavy (non-hydrogen) atoms. The summed E-state index contributed by atoms with van der Waals surface area (Å²) in [6, 6.07) is 15.4. The van der Waals surface area contributed by atoms with Gasteiger partial charge in [-0.15, -0.1) is 0 Å². The zero-order valence-electron chi connectivity index (χ0n) is 17.6. The number of hydrogen-bond donors (Lipinski definition) is 1. The van der Waals surface area contributed by atoms with E-state index in [0.29, 0.717) is 17.9 Å². The molecule has 1 unspecified atom stereocenters. The third-order valence-corrected chi connectivity index (χ3v) is 4.88. The monoisotopic (exact) mass is 398 g/mol. The Morgan fingerprint density at radius 3 is 2.45 bits per heavy atom. The van der Waals surface area contributed by atoms with Crippen molar-refractivity contribution < 1.29 is 19.1 Å². The van der Waals surface area contributed by atoms with Crippen molar-refractivity contribution >= 4 is 17.6 Å². The molecular formula is C23H30N2O4. The number of carbonyl (C=O) groups excluding carboxylic acids is 2. The molecule has 0 spiro atoms. The maximum atomic E-state index is 12.7. The molecule has 1 N–H and O–H groups in total. The topological polar surface area (TPSA) is 67.9 Å². The van der Waals surface area contributed by atoms with Crippen LogP contribution in [0.25, 0.3) is 0 Å². The van der Waals surface area contributed by atoms with Gasteiger partial charge in [0, 0.05) is 18.8 Å². The van der Waals surface area contributed by atoms with Crippen molar-refractivity contribution in [3.63, 3.8) is 0 Å². The van der Waals surface area contributed by atoms with Crippen molar-refractivity contribution in [3.05, 3.63) is 65.2 Å². The lowest BCUT2D eigenvalue weighted by Crippen LogP contribution is -2.44. The van der Waals surface area contributed by atoms with E-state index in [1.165, 1.54) is 12.7 Å². The van der Waals surface area contributed by atoms with Crippen LogP contribution in [0, 0.1) is 6.92 Å². The number of hydrogen-bond acceptors (Lipinski definition) is 5. The van der Waals surface area contributed by atoms with Gasteiger partial charge < -0.3 is 14.8 Å². The first kappa shape index (κ1) is 22.6. The lowest BCUT2D eigenvalue weighted by molar-refractivity contribution is -0.118. The molecule has 6 heteroatoms. The molecule has 1 amide bonds. The van der Waals surface area contributed by atoms with E-state index in [0.717, 1.165) is 18.5 Å². The molecule has 2 rings (SSSR count). The van der Waals surface area contributed by atoms with Crippen LogP contribution in [0.1, 0.15) is 28.4 Å². The number of methoxy groups -OCH3 is 2. The van der Waals surface area contributed by atoms with Crippen LogP contribution in [-0.2, 0) is 20.7 Å². The third kappa shape index (κ3) is 6.69. The molecular weight excluding hydrogens is 368 g/mol. The van der Waals surface area contributed by atoms with Gasteiger partial charge in [-0.1, -0.05) is 43.3 Å². The van der Waals surface area contributed by atoms with Gasteiger partial charge in [-0.2, -0.15) is 0 Å². The maximum Gasteiger partial charge on any atom is 0.337 e. The summed E-state index contributed by atoms with van der Waals surface area (Å²) in [5.74, 6) is -0.565. The zero-order valence-corrected chi connectivity index (χ0v) is 17.6. The van der Waals surface area contributed by atoms with Crippen LogP contribution in [0.4, 0.5) is 5.69 Å². The van der Waals surface area contributed by atoms with Crippen LogP contribution >= 0.6 is 0 Å². The quantitative estimate of drug-likeness (QED) is 0.622. The second kappa shape index (κ2) is 11.3. The van der Waals surface area contributed by atoms with Crippen molar-refractivity contribution in [2.24, 2.45) is 0 Å². The highest BCUT2D eigenvalue weighted by molar-refractivity contribution is 5.96. The van der Waals surface area contributed by atoms with E-state index >= 15 is 0 Å². The molecule has 0 aliphatic rings. The third-order valence-electron chi connectivity index (χ3n) is 4.88. The van der Waals surface area contributed by atoms with E-state index in [2.05, 4.69) is 22.3 Å². The van der Waals surface area contributed by atoms with Gasteiger partial charge in [0.15, 0.2) is 0 Å². The van der Waals surface area contributed by atoms with Gasteiger partial charge >= 0.3 is 5.97 Å². The first-order chi connectivity index (χ1) is 14.0. The Morgan fingerprint density at radius 2 is 1.83 bits per heavy atom. The molecule has 2 aromatic carbocycles. The summed E-state index contributed by atoms with van der Waals surface area (Å²) < 4.78 is 10.2. The van der Waals surface area contributed by atoms with Gasteiger partial charge in [0.25, 0.3) is 0 Å². The summed E-state index contributed by atoms with van der Waals surface area (Å²) in [5, 5.41) is 2.93. The van der Waals surface area contributed by atoms with E-state index in [4.69, 9.17) is 9.47 Å². The number of carbonyl (C=O) groups is 2. The van der Waals surface area contributed by atoms with Crippen molar-refractivity contribution in [1.29, 1.82) is 0 Å². The number of rotatable bonds is 10. The highest BCUT2D eigenvalue weighted by Crippen LogP contribution is 2.18. The van der Waals surface area contributed by atoms with Crippen LogP contribution in [-0.4, -0.2) is 56.7 Å². The summed E-state index contributed by atoms with van der Waals surface area (Å²) >= 11 is 0. The van der Waals surface area contributed by atoms with E-state index in [-0.39, 0.29) is 18.5 Å². The first-order valence-electron chi connectivity index (χ1n) is 9.74. The van der Waals surface area contributed by atoms with Crippen molar-refractivity contribution in [3.8, 4) is 0 Å². The Balaban J connectivity index is 2.08. The van der Waals surface area contributed by atoms with Gasteiger partial charge in [0.2, 0.25) is 5.91 Å². The minimum Gasteiger partial charge on any atom is -0.465 e. The fourth-order valence-electron chi connectivity index (χ4n) is 3.25. The van der Waals surface area contributed by atoms with Crippen LogP contribution < -0.4 is 5.32 Å². The number of amides is 1. The lowest BCUT2D eigenvalue weighted by Gasteiger charge is -2.30.